The van der Waals surface area contributed by atoms with Crippen LogP contribution in [0.3, 0.4) is 0 Å². The van der Waals surface area contributed by atoms with Gasteiger partial charge in [-0.3, -0.25) is 4.79 Å². The molecule has 126 valence electrons. The first-order valence-electron chi connectivity index (χ1n) is 8.10. The van der Waals surface area contributed by atoms with Gasteiger partial charge in [-0.2, -0.15) is 5.10 Å². The number of nitrogens with one attached hydrogen (secondary N) is 1. The number of likely N-dealkylation sites (tertiary alicyclic amines) is 1. The van der Waals surface area contributed by atoms with Gasteiger partial charge in [0.2, 0.25) is 5.88 Å². The lowest BCUT2D eigenvalue weighted by atomic mass is 10.1. The molecule has 0 aromatic carbocycles. The maximum atomic E-state index is 12.4. The summed E-state index contributed by atoms with van der Waals surface area (Å²) in [4.78, 5) is 25.8. The number of carbonyl (C=O) groups excluding carboxylic acids is 2. The highest BCUT2D eigenvalue weighted by Gasteiger charge is 2.27. The second kappa shape index (κ2) is 6.89. The number of hydrogen-bond donors (Lipinski definition) is 1. The number of carbonyl (C=O) groups is 2. The Balaban J connectivity index is 1.54. The number of aromatic nitrogens is 2. The summed E-state index contributed by atoms with van der Waals surface area (Å²) in [5.41, 5.74) is 0.484. The Morgan fingerprint density at radius 2 is 2.17 bits per heavy atom. The summed E-state index contributed by atoms with van der Waals surface area (Å²) in [6.07, 6.45) is 3.62. The minimum atomic E-state index is -0.281. The number of rotatable bonds is 3. The van der Waals surface area contributed by atoms with Crippen molar-refractivity contribution in [2.45, 2.75) is 38.8 Å². The molecule has 0 atom stereocenters. The molecule has 0 saturated carbocycles. The average molecular weight is 322 g/mol. The third kappa shape index (κ3) is 3.40. The lowest BCUT2D eigenvalue weighted by Crippen LogP contribution is -2.46. The number of ether oxygens (including phenoxy) is 2. The van der Waals surface area contributed by atoms with E-state index in [1.165, 1.54) is 0 Å². The molecular weight excluding hydrogens is 300 g/mol. The van der Waals surface area contributed by atoms with Gasteiger partial charge in [0.25, 0.3) is 5.91 Å². The van der Waals surface area contributed by atoms with E-state index >= 15 is 0 Å². The van der Waals surface area contributed by atoms with Crippen molar-refractivity contribution in [1.29, 1.82) is 0 Å². The maximum Gasteiger partial charge on any atom is 0.409 e. The Labute approximate surface area is 134 Å². The van der Waals surface area contributed by atoms with Gasteiger partial charge in [0.15, 0.2) is 0 Å². The molecule has 3 heterocycles. The van der Waals surface area contributed by atoms with Gasteiger partial charge in [-0.1, -0.05) is 0 Å². The van der Waals surface area contributed by atoms with Crippen molar-refractivity contribution < 1.29 is 19.1 Å². The summed E-state index contributed by atoms with van der Waals surface area (Å²) in [5, 5.41) is 7.20. The van der Waals surface area contributed by atoms with Gasteiger partial charge in [0, 0.05) is 32.1 Å². The lowest BCUT2D eigenvalue weighted by Gasteiger charge is -2.31. The van der Waals surface area contributed by atoms with Crippen LogP contribution in [0.1, 0.15) is 36.5 Å². The van der Waals surface area contributed by atoms with Crippen LogP contribution in [0.15, 0.2) is 6.20 Å². The zero-order valence-corrected chi connectivity index (χ0v) is 13.3. The summed E-state index contributed by atoms with van der Waals surface area (Å²) in [6, 6.07) is 0.0484. The van der Waals surface area contributed by atoms with Gasteiger partial charge in [-0.15, -0.1) is 0 Å². The van der Waals surface area contributed by atoms with Crippen LogP contribution < -0.4 is 10.1 Å². The monoisotopic (exact) mass is 322 g/mol. The predicted octanol–water partition coefficient (Wildman–Crippen LogP) is 1.02. The minimum absolute atomic E-state index is 0.0484. The van der Waals surface area contributed by atoms with Crippen LogP contribution >= 0.6 is 0 Å². The third-order valence-corrected chi connectivity index (χ3v) is 4.14. The van der Waals surface area contributed by atoms with Crippen LogP contribution in [-0.4, -0.2) is 59.0 Å². The van der Waals surface area contributed by atoms with E-state index in [-0.39, 0.29) is 18.0 Å². The van der Waals surface area contributed by atoms with Crippen molar-refractivity contribution >= 4 is 12.0 Å². The average Bonchev–Trinajstić information content (AvgIpc) is 3.00. The number of amides is 2. The molecule has 1 fully saturated rings. The van der Waals surface area contributed by atoms with Crippen LogP contribution in [-0.2, 0) is 11.3 Å². The number of fused-ring (bicyclic) bond motifs is 1. The topological polar surface area (TPSA) is 85.7 Å². The summed E-state index contributed by atoms with van der Waals surface area (Å²) in [7, 11) is 0. The Bertz CT molecular complexity index is 578. The van der Waals surface area contributed by atoms with Crippen molar-refractivity contribution in [3.05, 3.63) is 11.8 Å². The molecule has 1 aromatic rings. The zero-order chi connectivity index (χ0) is 16.2. The first kappa shape index (κ1) is 15.6. The van der Waals surface area contributed by atoms with Gasteiger partial charge < -0.3 is 19.7 Å². The van der Waals surface area contributed by atoms with Gasteiger partial charge >= 0.3 is 6.09 Å². The summed E-state index contributed by atoms with van der Waals surface area (Å²) < 4.78 is 12.3. The molecule has 2 amide bonds. The molecule has 3 rings (SSSR count). The fourth-order valence-electron chi connectivity index (χ4n) is 2.91. The zero-order valence-electron chi connectivity index (χ0n) is 13.3. The molecule has 23 heavy (non-hydrogen) atoms. The fourth-order valence-corrected chi connectivity index (χ4v) is 2.91. The molecule has 0 unspecified atom stereocenters. The molecule has 8 heteroatoms. The van der Waals surface area contributed by atoms with Crippen molar-refractivity contribution in [3.63, 3.8) is 0 Å². The van der Waals surface area contributed by atoms with Crippen LogP contribution in [0.5, 0.6) is 5.88 Å². The molecule has 0 spiro atoms. The van der Waals surface area contributed by atoms with E-state index in [4.69, 9.17) is 9.47 Å². The predicted molar refractivity (Wildman–Crippen MR) is 81.4 cm³/mol. The molecule has 2 aliphatic heterocycles. The molecular formula is C15H22N4O4. The van der Waals surface area contributed by atoms with E-state index < -0.39 is 0 Å². The van der Waals surface area contributed by atoms with E-state index in [0.717, 1.165) is 25.8 Å². The van der Waals surface area contributed by atoms with Gasteiger partial charge in [-0.05, 0) is 19.8 Å². The van der Waals surface area contributed by atoms with E-state index in [0.29, 0.717) is 37.7 Å². The van der Waals surface area contributed by atoms with E-state index in [9.17, 15) is 9.59 Å². The molecule has 0 bridgehead atoms. The van der Waals surface area contributed by atoms with Crippen LogP contribution in [0.25, 0.3) is 0 Å². The maximum absolute atomic E-state index is 12.4. The molecule has 0 radical (unpaired) electrons. The SMILES string of the molecule is CCOC(=O)N1CCC(NC(=O)c2cnn3c2OCCC3)CC1. The Morgan fingerprint density at radius 1 is 1.39 bits per heavy atom. The number of piperidine rings is 1. The third-order valence-electron chi connectivity index (χ3n) is 4.14. The fraction of sp³-hybridized carbons (Fsp3) is 0.667. The van der Waals surface area contributed by atoms with Crippen LogP contribution in [0.4, 0.5) is 4.79 Å². The normalized spacial score (nSPS) is 18.0. The highest BCUT2D eigenvalue weighted by atomic mass is 16.6. The smallest absolute Gasteiger partial charge is 0.409 e. The second-order valence-corrected chi connectivity index (χ2v) is 5.72. The molecule has 2 aliphatic rings. The first-order chi connectivity index (χ1) is 11.2. The highest BCUT2D eigenvalue weighted by molar-refractivity contribution is 5.96. The van der Waals surface area contributed by atoms with E-state index in [1.807, 2.05) is 0 Å². The summed E-state index contributed by atoms with van der Waals surface area (Å²) >= 11 is 0. The van der Waals surface area contributed by atoms with Crippen molar-refractivity contribution in [1.82, 2.24) is 20.0 Å². The molecule has 0 aliphatic carbocycles. The molecule has 1 aromatic heterocycles. The van der Waals surface area contributed by atoms with Crippen molar-refractivity contribution in [2.75, 3.05) is 26.3 Å². The molecule has 8 nitrogen and oxygen atoms in total. The quantitative estimate of drug-likeness (QED) is 0.898. The largest absolute Gasteiger partial charge is 0.477 e. The van der Waals surface area contributed by atoms with Gasteiger partial charge in [-0.25, -0.2) is 9.48 Å². The highest BCUT2D eigenvalue weighted by Crippen LogP contribution is 2.22. The molecule has 1 N–H and O–H groups in total. The summed E-state index contributed by atoms with van der Waals surface area (Å²) in [6.45, 7) is 4.74. The first-order valence-corrected chi connectivity index (χ1v) is 8.10. The second-order valence-electron chi connectivity index (χ2n) is 5.72. The number of aryl methyl sites for hydroxylation is 1. The minimum Gasteiger partial charge on any atom is -0.477 e. The van der Waals surface area contributed by atoms with E-state index in [2.05, 4.69) is 10.4 Å². The number of nitrogens with zero attached hydrogens (tertiary/aromatic N) is 3. The Hall–Kier alpha value is -2.25. The van der Waals surface area contributed by atoms with Gasteiger partial charge in [0.1, 0.15) is 5.56 Å². The number of hydrogen-bond acceptors (Lipinski definition) is 5. The Kier molecular flexibility index (Phi) is 4.68. The van der Waals surface area contributed by atoms with Crippen LogP contribution in [0.2, 0.25) is 0 Å². The lowest BCUT2D eigenvalue weighted by molar-refractivity contribution is 0.0856. The van der Waals surface area contributed by atoms with E-state index in [1.54, 1.807) is 22.7 Å². The summed E-state index contributed by atoms with van der Waals surface area (Å²) in [5.74, 6) is 0.389. The standard InChI is InChI=1S/C15H22N4O4/c1-2-22-15(21)18-7-4-11(5-8-18)17-13(20)12-10-16-19-6-3-9-23-14(12)19/h10-11H,2-9H2,1H3,(H,17,20). The van der Waals surface area contributed by atoms with Crippen molar-refractivity contribution in [2.24, 2.45) is 0 Å². The Morgan fingerprint density at radius 3 is 2.91 bits per heavy atom. The van der Waals surface area contributed by atoms with Crippen molar-refractivity contribution in [3.8, 4) is 5.88 Å². The van der Waals surface area contributed by atoms with Crippen LogP contribution in [0, 0.1) is 0 Å². The molecule has 1 saturated heterocycles. The van der Waals surface area contributed by atoms with Gasteiger partial charge in [0.05, 0.1) is 19.4 Å².